The van der Waals surface area contributed by atoms with Crippen LogP contribution in [0.1, 0.15) is 33.6 Å². The van der Waals surface area contributed by atoms with E-state index in [-0.39, 0.29) is 36.1 Å². The Morgan fingerprint density at radius 2 is 2.26 bits per heavy atom. The summed E-state index contributed by atoms with van der Waals surface area (Å²) in [5.74, 6) is 0.152. The molecule has 19 heavy (non-hydrogen) atoms. The van der Waals surface area contributed by atoms with Gasteiger partial charge in [0.15, 0.2) is 0 Å². The van der Waals surface area contributed by atoms with Crippen LogP contribution in [0.5, 0.6) is 0 Å². The topological polar surface area (TPSA) is 61.8 Å². The van der Waals surface area contributed by atoms with Crippen LogP contribution in [0.25, 0.3) is 0 Å². The molecule has 1 amide bonds. The fourth-order valence-electron chi connectivity index (χ4n) is 3.03. The zero-order valence-corrected chi connectivity index (χ0v) is 12.2. The lowest BCUT2D eigenvalue weighted by Crippen LogP contribution is -2.61. The van der Waals surface area contributed by atoms with Crippen LogP contribution in [-0.4, -0.2) is 60.4 Å². The van der Waals surface area contributed by atoms with Crippen LogP contribution in [-0.2, 0) is 9.53 Å². The average molecular weight is 270 g/mol. The molecule has 0 aromatic rings. The molecule has 2 rings (SSSR count). The first-order chi connectivity index (χ1) is 8.95. The van der Waals surface area contributed by atoms with E-state index in [0.717, 1.165) is 19.4 Å². The third-order valence-electron chi connectivity index (χ3n) is 4.37. The van der Waals surface area contributed by atoms with Crippen LogP contribution < -0.4 is 5.32 Å². The summed E-state index contributed by atoms with van der Waals surface area (Å²) in [7, 11) is 0. The van der Waals surface area contributed by atoms with Crippen molar-refractivity contribution in [2.24, 2.45) is 5.41 Å². The maximum Gasteiger partial charge on any atom is 0.240 e. The summed E-state index contributed by atoms with van der Waals surface area (Å²) in [5.41, 5.74) is -0.0118. The maximum atomic E-state index is 12.8. The van der Waals surface area contributed by atoms with E-state index in [1.54, 1.807) is 0 Å². The zero-order chi connectivity index (χ0) is 14.0. The molecular weight excluding hydrogens is 244 g/mol. The van der Waals surface area contributed by atoms with Gasteiger partial charge in [-0.15, -0.1) is 0 Å². The van der Waals surface area contributed by atoms with E-state index in [9.17, 15) is 9.90 Å². The number of carbonyl (C=O) groups is 1. The summed E-state index contributed by atoms with van der Waals surface area (Å²) in [6.07, 6.45) is 1.94. The molecule has 2 saturated heterocycles. The number of aliphatic hydroxyl groups excluding tert-OH is 1. The molecule has 0 spiro atoms. The van der Waals surface area contributed by atoms with Gasteiger partial charge in [0.2, 0.25) is 5.91 Å². The van der Waals surface area contributed by atoms with Gasteiger partial charge in [0.05, 0.1) is 31.4 Å². The van der Waals surface area contributed by atoms with E-state index in [4.69, 9.17) is 4.74 Å². The number of hydrogen-bond donors (Lipinski definition) is 2. The SMILES string of the molecule is CC1COC(CO)CN1C(=O)C1NCCCC1(C)C. The molecule has 0 bridgehead atoms. The predicted octanol–water partition coefficient (Wildman–Crippen LogP) is 0.373. The number of nitrogens with zero attached hydrogens (tertiary/aromatic N) is 1. The third kappa shape index (κ3) is 3.09. The van der Waals surface area contributed by atoms with Crippen LogP contribution in [0.15, 0.2) is 0 Å². The van der Waals surface area contributed by atoms with Crippen molar-refractivity contribution in [1.29, 1.82) is 0 Å². The Hall–Kier alpha value is -0.650. The first kappa shape index (κ1) is 14.8. The van der Waals surface area contributed by atoms with Crippen LogP contribution >= 0.6 is 0 Å². The van der Waals surface area contributed by atoms with Crippen molar-refractivity contribution in [2.45, 2.75) is 51.8 Å². The fourth-order valence-corrected chi connectivity index (χ4v) is 3.03. The highest BCUT2D eigenvalue weighted by molar-refractivity contribution is 5.83. The second kappa shape index (κ2) is 5.77. The summed E-state index contributed by atoms with van der Waals surface area (Å²) in [6.45, 7) is 8.17. The van der Waals surface area contributed by atoms with Crippen molar-refractivity contribution < 1.29 is 14.6 Å². The molecule has 0 saturated carbocycles. The highest BCUT2D eigenvalue weighted by atomic mass is 16.5. The number of rotatable bonds is 2. The van der Waals surface area contributed by atoms with Gasteiger partial charge in [0, 0.05) is 6.54 Å². The highest BCUT2D eigenvalue weighted by Crippen LogP contribution is 2.31. The standard InChI is InChI=1S/C14H26N2O3/c1-10-9-19-11(8-17)7-16(10)13(18)12-14(2,3)5-4-6-15-12/h10-12,15,17H,4-9H2,1-3H3. The quantitative estimate of drug-likeness (QED) is 0.761. The summed E-state index contributed by atoms with van der Waals surface area (Å²) >= 11 is 0. The molecule has 2 aliphatic rings. The Labute approximate surface area is 115 Å². The van der Waals surface area contributed by atoms with E-state index < -0.39 is 0 Å². The molecule has 3 unspecified atom stereocenters. The molecule has 0 radical (unpaired) electrons. The Balaban J connectivity index is 2.08. The van der Waals surface area contributed by atoms with Gasteiger partial charge in [-0.25, -0.2) is 0 Å². The Kier molecular flexibility index (Phi) is 4.48. The highest BCUT2D eigenvalue weighted by Gasteiger charge is 2.41. The van der Waals surface area contributed by atoms with Crippen molar-refractivity contribution in [3.8, 4) is 0 Å². The lowest BCUT2D eigenvalue weighted by atomic mass is 9.77. The molecule has 2 fully saturated rings. The molecule has 0 aliphatic carbocycles. The lowest BCUT2D eigenvalue weighted by molar-refractivity contribution is -0.152. The normalized spacial score (nSPS) is 35.2. The summed E-state index contributed by atoms with van der Waals surface area (Å²) in [6, 6.07) is -0.0454. The van der Waals surface area contributed by atoms with Gasteiger partial charge in [0.1, 0.15) is 0 Å². The van der Waals surface area contributed by atoms with E-state index in [1.165, 1.54) is 0 Å². The molecule has 5 heteroatoms. The molecular formula is C14H26N2O3. The minimum Gasteiger partial charge on any atom is -0.394 e. The van der Waals surface area contributed by atoms with Gasteiger partial charge in [0.25, 0.3) is 0 Å². The first-order valence-electron chi connectivity index (χ1n) is 7.22. The monoisotopic (exact) mass is 270 g/mol. The number of aliphatic hydroxyl groups is 1. The molecule has 2 aliphatic heterocycles. The fraction of sp³-hybridized carbons (Fsp3) is 0.929. The third-order valence-corrected chi connectivity index (χ3v) is 4.37. The first-order valence-corrected chi connectivity index (χ1v) is 7.22. The Morgan fingerprint density at radius 3 is 2.89 bits per heavy atom. The maximum absolute atomic E-state index is 12.8. The van der Waals surface area contributed by atoms with Gasteiger partial charge in [-0.3, -0.25) is 4.79 Å². The number of nitrogens with one attached hydrogen (secondary N) is 1. The molecule has 3 atom stereocenters. The van der Waals surface area contributed by atoms with Crippen LogP contribution in [0.3, 0.4) is 0 Å². The molecule has 0 aromatic carbocycles. The largest absolute Gasteiger partial charge is 0.394 e. The van der Waals surface area contributed by atoms with Crippen molar-refractivity contribution in [2.75, 3.05) is 26.3 Å². The van der Waals surface area contributed by atoms with E-state index in [2.05, 4.69) is 19.2 Å². The van der Waals surface area contributed by atoms with Crippen LogP contribution in [0.2, 0.25) is 0 Å². The van der Waals surface area contributed by atoms with Crippen LogP contribution in [0, 0.1) is 5.41 Å². The van der Waals surface area contributed by atoms with Crippen molar-refractivity contribution in [1.82, 2.24) is 10.2 Å². The van der Waals surface area contributed by atoms with Crippen molar-refractivity contribution in [3.63, 3.8) is 0 Å². The number of ether oxygens (including phenoxy) is 1. The smallest absolute Gasteiger partial charge is 0.240 e. The average Bonchev–Trinajstić information content (AvgIpc) is 2.38. The van der Waals surface area contributed by atoms with Gasteiger partial charge in [-0.05, 0) is 31.7 Å². The number of morpholine rings is 1. The molecule has 5 nitrogen and oxygen atoms in total. The number of piperidine rings is 1. The second-order valence-corrected chi connectivity index (χ2v) is 6.46. The number of carbonyl (C=O) groups excluding carboxylic acids is 1. The lowest BCUT2D eigenvalue weighted by Gasteiger charge is -2.44. The zero-order valence-electron chi connectivity index (χ0n) is 12.2. The summed E-state index contributed by atoms with van der Waals surface area (Å²) < 4.78 is 5.49. The Bertz CT molecular complexity index is 333. The molecule has 0 aromatic heterocycles. The van der Waals surface area contributed by atoms with E-state index >= 15 is 0 Å². The van der Waals surface area contributed by atoms with E-state index in [0.29, 0.717) is 13.2 Å². The second-order valence-electron chi connectivity index (χ2n) is 6.46. The van der Waals surface area contributed by atoms with E-state index in [1.807, 2.05) is 11.8 Å². The van der Waals surface area contributed by atoms with Crippen molar-refractivity contribution >= 4 is 5.91 Å². The van der Waals surface area contributed by atoms with Gasteiger partial charge >= 0.3 is 0 Å². The van der Waals surface area contributed by atoms with Gasteiger partial charge in [-0.1, -0.05) is 13.8 Å². The molecule has 2 heterocycles. The Morgan fingerprint density at radius 1 is 1.53 bits per heavy atom. The molecule has 2 N–H and O–H groups in total. The summed E-state index contributed by atoms with van der Waals surface area (Å²) in [4.78, 5) is 14.6. The minimum atomic E-state index is -0.244. The van der Waals surface area contributed by atoms with Gasteiger partial charge < -0.3 is 20.1 Å². The number of hydrogen-bond acceptors (Lipinski definition) is 4. The van der Waals surface area contributed by atoms with Crippen LogP contribution in [0.4, 0.5) is 0 Å². The van der Waals surface area contributed by atoms with Crippen molar-refractivity contribution in [3.05, 3.63) is 0 Å². The van der Waals surface area contributed by atoms with Gasteiger partial charge in [-0.2, -0.15) is 0 Å². The molecule has 110 valence electrons. The minimum absolute atomic E-state index is 0.0118. The predicted molar refractivity (Wildman–Crippen MR) is 72.8 cm³/mol. The number of amides is 1. The summed E-state index contributed by atoms with van der Waals surface area (Å²) in [5, 5.41) is 12.6.